The third-order valence-corrected chi connectivity index (χ3v) is 5.93. The lowest BCUT2D eigenvalue weighted by atomic mass is 9.61. The van der Waals surface area contributed by atoms with E-state index in [9.17, 15) is 14.7 Å². The summed E-state index contributed by atoms with van der Waals surface area (Å²) in [6.07, 6.45) is 4.59. The minimum Gasteiger partial charge on any atom is -0.481 e. The van der Waals surface area contributed by atoms with E-state index in [0.717, 1.165) is 19.3 Å². The topological polar surface area (TPSA) is 78.4 Å². The maximum absolute atomic E-state index is 12.2. The second-order valence-corrected chi connectivity index (χ2v) is 7.70. The fraction of sp³-hybridized carbons (Fsp3) is 0.875. The molecule has 2 aliphatic rings. The van der Waals surface area contributed by atoms with Gasteiger partial charge >= 0.3 is 12.0 Å². The van der Waals surface area contributed by atoms with Gasteiger partial charge in [-0.1, -0.05) is 20.8 Å². The van der Waals surface area contributed by atoms with E-state index in [1.54, 1.807) is 0 Å². The molecule has 0 spiro atoms. The van der Waals surface area contributed by atoms with Crippen LogP contribution in [0.2, 0.25) is 0 Å². The summed E-state index contributed by atoms with van der Waals surface area (Å²) in [6, 6.07) is -0.0714. The van der Waals surface area contributed by atoms with Crippen molar-refractivity contribution in [3.8, 4) is 0 Å². The molecule has 2 aliphatic carbocycles. The van der Waals surface area contributed by atoms with Crippen LogP contribution in [0.25, 0.3) is 0 Å². The van der Waals surface area contributed by atoms with Crippen LogP contribution in [0.1, 0.15) is 59.8 Å². The molecule has 0 radical (unpaired) electrons. The molecule has 120 valence electrons. The van der Waals surface area contributed by atoms with Gasteiger partial charge in [0.2, 0.25) is 0 Å². The molecule has 2 saturated carbocycles. The SMILES string of the molecule is CC1C(NC(=O)NC2(C)CCC2)CCC(C(=O)O)C1(C)C. The number of amides is 2. The van der Waals surface area contributed by atoms with Gasteiger partial charge < -0.3 is 15.7 Å². The van der Waals surface area contributed by atoms with Gasteiger partial charge in [0.05, 0.1) is 5.92 Å². The highest BCUT2D eigenvalue weighted by Gasteiger charge is 2.46. The first-order chi connectivity index (χ1) is 9.66. The van der Waals surface area contributed by atoms with Crippen LogP contribution >= 0.6 is 0 Å². The Morgan fingerprint density at radius 3 is 2.24 bits per heavy atom. The minimum atomic E-state index is -0.725. The van der Waals surface area contributed by atoms with E-state index in [0.29, 0.717) is 6.42 Å². The van der Waals surface area contributed by atoms with Crippen LogP contribution in [0.4, 0.5) is 4.79 Å². The Labute approximate surface area is 126 Å². The van der Waals surface area contributed by atoms with Crippen LogP contribution in [-0.2, 0) is 4.79 Å². The first-order valence-corrected chi connectivity index (χ1v) is 7.97. The molecule has 0 heterocycles. The summed E-state index contributed by atoms with van der Waals surface area (Å²) in [6.45, 7) is 8.11. The molecule has 3 atom stereocenters. The van der Waals surface area contributed by atoms with Gasteiger partial charge in [-0.25, -0.2) is 4.79 Å². The van der Waals surface area contributed by atoms with Crippen LogP contribution in [-0.4, -0.2) is 28.7 Å². The molecule has 2 rings (SSSR count). The Balaban J connectivity index is 1.95. The van der Waals surface area contributed by atoms with Crippen molar-refractivity contribution in [1.29, 1.82) is 0 Å². The Hall–Kier alpha value is -1.26. The number of hydrogen-bond donors (Lipinski definition) is 3. The molecule has 3 unspecified atom stereocenters. The Morgan fingerprint density at radius 2 is 1.76 bits per heavy atom. The third-order valence-electron chi connectivity index (χ3n) is 5.93. The molecule has 5 nitrogen and oxygen atoms in total. The average molecular weight is 296 g/mol. The predicted octanol–water partition coefficient (Wildman–Crippen LogP) is 2.75. The summed E-state index contributed by atoms with van der Waals surface area (Å²) in [4.78, 5) is 23.5. The summed E-state index contributed by atoms with van der Waals surface area (Å²) in [5, 5.41) is 15.5. The summed E-state index contributed by atoms with van der Waals surface area (Å²) >= 11 is 0. The molecule has 3 N–H and O–H groups in total. The molecule has 2 amide bonds. The zero-order valence-corrected chi connectivity index (χ0v) is 13.5. The van der Waals surface area contributed by atoms with Gasteiger partial charge in [0.15, 0.2) is 0 Å². The fourth-order valence-electron chi connectivity index (χ4n) is 3.75. The Morgan fingerprint density at radius 1 is 1.14 bits per heavy atom. The highest BCUT2D eigenvalue weighted by molar-refractivity contribution is 5.75. The van der Waals surface area contributed by atoms with Crippen LogP contribution < -0.4 is 10.6 Å². The van der Waals surface area contributed by atoms with Gasteiger partial charge in [0.1, 0.15) is 0 Å². The Kier molecular flexibility index (Phi) is 4.22. The number of carboxylic acids is 1. The number of hydrogen-bond acceptors (Lipinski definition) is 2. The highest BCUT2D eigenvalue weighted by atomic mass is 16.4. The van der Waals surface area contributed by atoms with Gasteiger partial charge in [-0.15, -0.1) is 0 Å². The number of urea groups is 1. The van der Waals surface area contributed by atoms with Crippen LogP contribution in [0.5, 0.6) is 0 Å². The molecule has 2 fully saturated rings. The highest BCUT2D eigenvalue weighted by Crippen LogP contribution is 2.45. The van der Waals surface area contributed by atoms with Crippen LogP contribution in [0.15, 0.2) is 0 Å². The number of carboxylic acid groups (broad SMARTS) is 1. The van der Waals surface area contributed by atoms with Crippen molar-refractivity contribution in [2.24, 2.45) is 17.3 Å². The summed E-state index contributed by atoms with van der Waals surface area (Å²) in [5.41, 5.74) is -0.372. The monoisotopic (exact) mass is 296 g/mol. The van der Waals surface area contributed by atoms with Crippen LogP contribution in [0.3, 0.4) is 0 Å². The molecule has 21 heavy (non-hydrogen) atoms. The van der Waals surface area contributed by atoms with Crippen molar-refractivity contribution in [3.63, 3.8) is 0 Å². The van der Waals surface area contributed by atoms with E-state index >= 15 is 0 Å². The average Bonchev–Trinajstić information content (AvgIpc) is 2.32. The molecule has 0 aromatic rings. The smallest absolute Gasteiger partial charge is 0.315 e. The first kappa shape index (κ1) is 16.1. The van der Waals surface area contributed by atoms with E-state index in [-0.39, 0.29) is 34.9 Å². The van der Waals surface area contributed by atoms with Crippen molar-refractivity contribution >= 4 is 12.0 Å². The number of nitrogens with one attached hydrogen (secondary N) is 2. The summed E-state index contributed by atoms with van der Waals surface area (Å²) in [7, 11) is 0. The largest absolute Gasteiger partial charge is 0.481 e. The molecule has 0 aromatic carbocycles. The van der Waals surface area contributed by atoms with Gasteiger partial charge in [0.25, 0.3) is 0 Å². The molecular formula is C16H28N2O3. The van der Waals surface area contributed by atoms with Crippen LogP contribution in [0, 0.1) is 17.3 Å². The molecule has 0 aromatic heterocycles. The van der Waals surface area contributed by atoms with E-state index in [1.807, 2.05) is 20.8 Å². The third kappa shape index (κ3) is 3.16. The maximum Gasteiger partial charge on any atom is 0.315 e. The van der Waals surface area contributed by atoms with Gasteiger partial charge in [-0.2, -0.15) is 0 Å². The standard InChI is InChI=1S/C16H28N2O3/c1-10-12(7-6-11(13(19)20)15(10,2)3)17-14(21)18-16(4)8-5-9-16/h10-12H,5-9H2,1-4H3,(H,19,20)(H2,17,18,21). The van der Waals surface area contributed by atoms with Crippen molar-refractivity contribution in [3.05, 3.63) is 0 Å². The number of aliphatic carboxylic acids is 1. The lowest BCUT2D eigenvalue weighted by Crippen LogP contribution is -2.59. The zero-order valence-electron chi connectivity index (χ0n) is 13.5. The second-order valence-electron chi connectivity index (χ2n) is 7.70. The minimum absolute atomic E-state index is 0.0410. The quantitative estimate of drug-likeness (QED) is 0.749. The number of carbonyl (C=O) groups is 2. The zero-order chi connectivity index (χ0) is 15.8. The maximum atomic E-state index is 12.2. The van der Waals surface area contributed by atoms with E-state index in [2.05, 4.69) is 17.6 Å². The van der Waals surface area contributed by atoms with Crippen molar-refractivity contribution in [2.75, 3.05) is 0 Å². The molecule has 0 aliphatic heterocycles. The van der Waals surface area contributed by atoms with Crippen molar-refractivity contribution in [1.82, 2.24) is 10.6 Å². The van der Waals surface area contributed by atoms with Crippen molar-refractivity contribution in [2.45, 2.75) is 71.4 Å². The molecular weight excluding hydrogens is 268 g/mol. The Bertz CT molecular complexity index is 429. The van der Waals surface area contributed by atoms with E-state index < -0.39 is 5.97 Å². The predicted molar refractivity (Wildman–Crippen MR) is 81.0 cm³/mol. The van der Waals surface area contributed by atoms with E-state index in [1.165, 1.54) is 6.42 Å². The van der Waals surface area contributed by atoms with E-state index in [4.69, 9.17) is 0 Å². The fourth-order valence-corrected chi connectivity index (χ4v) is 3.75. The summed E-state index contributed by atoms with van der Waals surface area (Å²) in [5.74, 6) is -0.929. The first-order valence-electron chi connectivity index (χ1n) is 7.97. The second kappa shape index (κ2) is 5.50. The normalized spacial score (nSPS) is 33.6. The molecule has 5 heteroatoms. The van der Waals surface area contributed by atoms with Gasteiger partial charge in [0, 0.05) is 11.6 Å². The lowest BCUT2D eigenvalue weighted by Gasteiger charge is -2.47. The lowest BCUT2D eigenvalue weighted by molar-refractivity contribution is -0.150. The van der Waals surface area contributed by atoms with Crippen molar-refractivity contribution < 1.29 is 14.7 Å². The summed E-state index contributed by atoms with van der Waals surface area (Å²) < 4.78 is 0. The number of carbonyl (C=O) groups excluding carboxylic acids is 1. The number of rotatable bonds is 3. The van der Waals surface area contributed by atoms with Gasteiger partial charge in [-0.05, 0) is 50.4 Å². The molecule has 0 saturated heterocycles. The molecule has 0 bridgehead atoms. The van der Waals surface area contributed by atoms with Gasteiger partial charge in [-0.3, -0.25) is 4.79 Å².